The highest BCUT2D eigenvalue weighted by Crippen LogP contribution is 1.80. The van der Waals surface area contributed by atoms with Gasteiger partial charge in [-0.15, -0.1) is 0 Å². The van der Waals surface area contributed by atoms with Crippen molar-refractivity contribution in [2.24, 2.45) is 4.99 Å². The van der Waals surface area contributed by atoms with E-state index in [1.807, 2.05) is 0 Å². The highest BCUT2D eigenvalue weighted by atomic mass is 16.1. The van der Waals surface area contributed by atoms with Crippen molar-refractivity contribution in [2.75, 3.05) is 6.67 Å². The van der Waals surface area contributed by atoms with Crippen LogP contribution in [0.1, 0.15) is 6.42 Å². The van der Waals surface area contributed by atoms with Crippen molar-refractivity contribution in [3.05, 3.63) is 0 Å². The third kappa shape index (κ3) is 0.994. The fourth-order valence-corrected chi connectivity index (χ4v) is 0.418. The van der Waals surface area contributed by atoms with E-state index in [4.69, 9.17) is 0 Å². The van der Waals surface area contributed by atoms with E-state index in [0.717, 1.165) is 0 Å². The van der Waals surface area contributed by atoms with Crippen molar-refractivity contribution in [1.82, 2.24) is 5.32 Å². The van der Waals surface area contributed by atoms with E-state index in [9.17, 15) is 4.79 Å². The highest BCUT2D eigenvalue weighted by molar-refractivity contribution is 5.91. The molecule has 7 heavy (non-hydrogen) atoms. The fraction of sp³-hybridized carbons (Fsp3) is 0.500. The Morgan fingerprint density at radius 2 is 2.71 bits per heavy atom. The molecule has 1 aliphatic heterocycles. The minimum atomic E-state index is 0.0648. The predicted octanol–water partition coefficient (Wildman–Crippen LogP) is -0.465. The third-order valence-corrected chi connectivity index (χ3v) is 0.773. The number of amides is 1. The molecule has 1 amide bonds. The number of rotatable bonds is 0. The Balaban J connectivity index is 2.47. The maximum atomic E-state index is 10.3. The molecule has 1 rings (SSSR count). The van der Waals surface area contributed by atoms with Gasteiger partial charge >= 0.3 is 0 Å². The summed E-state index contributed by atoms with van der Waals surface area (Å²) in [5, 5.41) is 2.55. The molecule has 1 aliphatic rings. The van der Waals surface area contributed by atoms with Crippen LogP contribution < -0.4 is 5.32 Å². The lowest BCUT2D eigenvalue weighted by molar-refractivity contribution is -0.120. The Bertz CT molecular complexity index is 108. The molecular formula is C4H6N2O. The van der Waals surface area contributed by atoms with Crippen molar-refractivity contribution < 1.29 is 4.79 Å². The molecule has 0 aromatic carbocycles. The summed E-state index contributed by atoms with van der Waals surface area (Å²) in [6.45, 7) is 0.457. The average Bonchev–Trinajstić information content (AvgIpc) is 1.69. The molecular weight excluding hydrogens is 92.1 g/mol. The summed E-state index contributed by atoms with van der Waals surface area (Å²) in [5.74, 6) is 0.0648. The quantitative estimate of drug-likeness (QED) is 0.437. The molecule has 0 fully saturated rings. The number of hydrogen-bond donors (Lipinski definition) is 1. The second kappa shape index (κ2) is 1.73. The van der Waals surface area contributed by atoms with E-state index in [1.54, 1.807) is 6.21 Å². The zero-order valence-electron chi connectivity index (χ0n) is 3.85. The van der Waals surface area contributed by atoms with E-state index in [2.05, 4.69) is 10.3 Å². The highest BCUT2D eigenvalue weighted by Gasteiger charge is 1.98. The summed E-state index contributed by atoms with van der Waals surface area (Å²) in [6.07, 6.45) is 2.07. The van der Waals surface area contributed by atoms with Crippen LogP contribution >= 0.6 is 0 Å². The van der Waals surface area contributed by atoms with Gasteiger partial charge in [0.15, 0.2) is 0 Å². The van der Waals surface area contributed by atoms with Gasteiger partial charge in [-0.25, -0.2) is 0 Å². The summed E-state index contributed by atoms with van der Waals surface area (Å²) in [6, 6.07) is 0. The van der Waals surface area contributed by atoms with Gasteiger partial charge in [-0.1, -0.05) is 0 Å². The molecule has 0 saturated heterocycles. The average molecular weight is 98.1 g/mol. The topological polar surface area (TPSA) is 41.5 Å². The summed E-state index contributed by atoms with van der Waals surface area (Å²) in [7, 11) is 0. The Labute approximate surface area is 41.4 Å². The van der Waals surface area contributed by atoms with Crippen molar-refractivity contribution in [2.45, 2.75) is 6.42 Å². The minimum Gasteiger partial charge on any atom is -0.337 e. The molecule has 3 heteroatoms. The predicted molar refractivity (Wildman–Crippen MR) is 26.1 cm³/mol. The monoisotopic (exact) mass is 98.0 g/mol. The summed E-state index contributed by atoms with van der Waals surface area (Å²) in [5.41, 5.74) is 0. The van der Waals surface area contributed by atoms with E-state index in [0.29, 0.717) is 13.1 Å². The van der Waals surface area contributed by atoms with Gasteiger partial charge in [0, 0.05) is 6.21 Å². The van der Waals surface area contributed by atoms with Crippen LogP contribution in [-0.2, 0) is 4.79 Å². The van der Waals surface area contributed by atoms with Crippen molar-refractivity contribution in [3.63, 3.8) is 0 Å². The fourth-order valence-electron chi connectivity index (χ4n) is 0.418. The molecule has 0 spiro atoms. The Morgan fingerprint density at radius 1 is 1.86 bits per heavy atom. The summed E-state index contributed by atoms with van der Waals surface area (Å²) in [4.78, 5) is 14.0. The Hall–Kier alpha value is -0.860. The summed E-state index contributed by atoms with van der Waals surface area (Å²) < 4.78 is 0. The molecule has 0 bridgehead atoms. The SMILES string of the molecule is O=C1CC=NCN1. The van der Waals surface area contributed by atoms with Gasteiger partial charge in [0.1, 0.15) is 6.67 Å². The first-order valence-electron chi connectivity index (χ1n) is 2.14. The van der Waals surface area contributed by atoms with Crippen molar-refractivity contribution in [1.29, 1.82) is 0 Å². The second-order valence-electron chi connectivity index (χ2n) is 1.33. The maximum Gasteiger partial charge on any atom is 0.226 e. The van der Waals surface area contributed by atoms with Crippen molar-refractivity contribution >= 4 is 12.1 Å². The minimum absolute atomic E-state index is 0.0648. The number of carbonyl (C=O) groups excluding carboxylic acids is 1. The van der Waals surface area contributed by atoms with Gasteiger partial charge in [0.2, 0.25) is 5.91 Å². The molecule has 0 aromatic rings. The number of nitrogens with one attached hydrogen (secondary N) is 1. The molecule has 0 saturated carbocycles. The van der Waals surface area contributed by atoms with E-state index >= 15 is 0 Å². The molecule has 1 N–H and O–H groups in total. The first kappa shape index (κ1) is 4.30. The normalized spacial score (nSPS) is 19.1. The van der Waals surface area contributed by atoms with Crippen LogP contribution in [0.4, 0.5) is 0 Å². The molecule has 3 nitrogen and oxygen atoms in total. The van der Waals surface area contributed by atoms with Gasteiger partial charge in [-0.2, -0.15) is 0 Å². The largest absolute Gasteiger partial charge is 0.337 e. The van der Waals surface area contributed by atoms with Crippen LogP contribution in [0.2, 0.25) is 0 Å². The molecule has 0 atom stereocenters. The van der Waals surface area contributed by atoms with E-state index in [-0.39, 0.29) is 5.91 Å². The zero-order chi connectivity index (χ0) is 5.11. The lowest BCUT2D eigenvalue weighted by atomic mass is 10.4. The zero-order valence-corrected chi connectivity index (χ0v) is 3.85. The number of hydrogen-bond acceptors (Lipinski definition) is 2. The first-order chi connectivity index (χ1) is 3.39. The van der Waals surface area contributed by atoms with Gasteiger partial charge in [0.05, 0.1) is 6.42 Å². The molecule has 0 unspecified atom stereocenters. The lowest BCUT2D eigenvalue weighted by Gasteiger charge is -2.01. The van der Waals surface area contributed by atoms with Crippen LogP contribution in [0.5, 0.6) is 0 Å². The van der Waals surface area contributed by atoms with Gasteiger partial charge < -0.3 is 5.32 Å². The van der Waals surface area contributed by atoms with Crippen LogP contribution in [0.3, 0.4) is 0 Å². The maximum absolute atomic E-state index is 10.3. The molecule has 38 valence electrons. The van der Waals surface area contributed by atoms with Gasteiger partial charge in [-0.05, 0) is 0 Å². The van der Waals surface area contributed by atoms with Crippen LogP contribution in [0.25, 0.3) is 0 Å². The van der Waals surface area contributed by atoms with E-state index < -0.39 is 0 Å². The molecule has 0 radical (unpaired) electrons. The van der Waals surface area contributed by atoms with Gasteiger partial charge in [-0.3, -0.25) is 9.79 Å². The first-order valence-corrected chi connectivity index (χ1v) is 2.14. The third-order valence-electron chi connectivity index (χ3n) is 0.773. The van der Waals surface area contributed by atoms with Gasteiger partial charge in [0.25, 0.3) is 0 Å². The lowest BCUT2D eigenvalue weighted by Crippen LogP contribution is -2.26. The number of carbonyl (C=O) groups is 1. The standard InChI is InChI=1S/C4H6N2O/c7-4-1-2-5-3-6-4/h2H,1,3H2,(H,6,7). The van der Waals surface area contributed by atoms with Crippen LogP contribution in [0, 0.1) is 0 Å². The van der Waals surface area contributed by atoms with Crippen LogP contribution in [-0.4, -0.2) is 18.8 Å². The smallest absolute Gasteiger partial charge is 0.226 e. The number of aliphatic imine (C=N–C) groups is 1. The molecule has 0 aliphatic carbocycles. The Morgan fingerprint density at radius 3 is 3.00 bits per heavy atom. The van der Waals surface area contributed by atoms with Crippen molar-refractivity contribution in [3.8, 4) is 0 Å². The molecule has 1 heterocycles. The summed E-state index contributed by atoms with van der Waals surface area (Å²) >= 11 is 0. The van der Waals surface area contributed by atoms with Crippen LogP contribution in [0.15, 0.2) is 4.99 Å². The van der Waals surface area contributed by atoms with E-state index in [1.165, 1.54) is 0 Å². The molecule has 0 aromatic heterocycles. The number of nitrogens with zero attached hydrogens (tertiary/aromatic N) is 1. The second-order valence-corrected chi connectivity index (χ2v) is 1.33. The Kier molecular flexibility index (Phi) is 1.06.